The Morgan fingerprint density at radius 1 is 1.73 bits per heavy atom. The Bertz CT molecular complexity index is 260. The zero-order valence-corrected chi connectivity index (χ0v) is 6.43. The van der Waals surface area contributed by atoms with E-state index in [2.05, 4.69) is 5.43 Å². The first kappa shape index (κ1) is 8.12. The molecule has 0 amide bonds. The minimum Gasteiger partial charge on any atom is -0.271 e. The number of nitrogens with zero attached hydrogens (tertiary/aromatic N) is 1. The lowest BCUT2D eigenvalue weighted by molar-refractivity contribution is -0.380. The molecule has 1 aromatic rings. The molecule has 0 fully saturated rings. The molecule has 60 valence electrons. The molecule has 0 aromatic carbocycles. The fourth-order valence-corrected chi connectivity index (χ4v) is 1.43. The van der Waals surface area contributed by atoms with Gasteiger partial charge in [0.05, 0.1) is 4.92 Å². The molecule has 0 spiro atoms. The number of hydrazine groups is 1. The van der Waals surface area contributed by atoms with Gasteiger partial charge >= 0.3 is 5.00 Å². The highest BCUT2D eigenvalue weighted by Crippen LogP contribution is 2.23. The number of nitrogens with two attached hydrogens (primary N) is 1. The summed E-state index contributed by atoms with van der Waals surface area (Å²) < 4.78 is 0. The Hall–Kier alpha value is -0.980. The highest BCUT2D eigenvalue weighted by Gasteiger charge is 2.08. The third-order valence-electron chi connectivity index (χ3n) is 1.10. The first-order valence-corrected chi connectivity index (χ1v) is 3.72. The van der Waals surface area contributed by atoms with Gasteiger partial charge in [-0.25, -0.2) is 0 Å². The molecule has 3 N–H and O–H groups in total. The average Bonchev–Trinajstić information content (AvgIpc) is 2.37. The van der Waals surface area contributed by atoms with Gasteiger partial charge in [0.2, 0.25) is 0 Å². The van der Waals surface area contributed by atoms with E-state index >= 15 is 0 Å². The molecule has 0 aliphatic carbocycles. The lowest BCUT2D eigenvalue weighted by Crippen LogP contribution is -2.19. The van der Waals surface area contributed by atoms with Crippen molar-refractivity contribution in [3.63, 3.8) is 0 Å². The van der Waals surface area contributed by atoms with Gasteiger partial charge in [0.1, 0.15) is 0 Å². The van der Waals surface area contributed by atoms with Crippen molar-refractivity contribution in [1.29, 1.82) is 0 Å². The number of thiophene rings is 1. The second kappa shape index (κ2) is 3.42. The summed E-state index contributed by atoms with van der Waals surface area (Å²) >= 11 is 1.12. The van der Waals surface area contributed by atoms with Crippen LogP contribution in [0.3, 0.4) is 0 Å². The van der Waals surface area contributed by atoms with Gasteiger partial charge in [-0.15, -0.1) is 0 Å². The molecule has 0 aliphatic rings. The van der Waals surface area contributed by atoms with E-state index in [4.69, 9.17) is 5.84 Å². The van der Waals surface area contributed by atoms with Crippen LogP contribution in [0.15, 0.2) is 12.1 Å². The van der Waals surface area contributed by atoms with E-state index in [1.165, 1.54) is 6.07 Å². The topological polar surface area (TPSA) is 81.2 Å². The SMILES string of the molecule is NNCc1ccc([N+](=O)[O-])s1. The van der Waals surface area contributed by atoms with E-state index in [0.717, 1.165) is 16.2 Å². The first-order valence-electron chi connectivity index (χ1n) is 2.90. The van der Waals surface area contributed by atoms with Crippen molar-refractivity contribution in [2.75, 3.05) is 0 Å². The van der Waals surface area contributed by atoms with E-state index < -0.39 is 4.92 Å². The van der Waals surface area contributed by atoms with Crippen molar-refractivity contribution < 1.29 is 4.92 Å². The second-order valence-electron chi connectivity index (χ2n) is 1.88. The fraction of sp³-hybridized carbons (Fsp3) is 0.200. The Labute approximate surface area is 66.9 Å². The molecule has 1 heterocycles. The molecule has 6 heteroatoms. The van der Waals surface area contributed by atoms with E-state index in [0.29, 0.717) is 6.54 Å². The van der Waals surface area contributed by atoms with Gasteiger partial charge in [-0.1, -0.05) is 11.3 Å². The molecule has 0 aliphatic heterocycles. The number of hydrogen-bond acceptors (Lipinski definition) is 5. The van der Waals surface area contributed by atoms with Gasteiger partial charge in [-0.2, -0.15) is 0 Å². The third-order valence-corrected chi connectivity index (χ3v) is 2.14. The summed E-state index contributed by atoms with van der Waals surface area (Å²) in [5, 5.41) is 10.3. The van der Waals surface area contributed by atoms with Crippen LogP contribution < -0.4 is 11.3 Å². The van der Waals surface area contributed by atoms with Crippen molar-refractivity contribution in [2.45, 2.75) is 6.54 Å². The lowest BCUT2D eigenvalue weighted by Gasteiger charge is -1.89. The van der Waals surface area contributed by atoms with Gasteiger partial charge in [0.25, 0.3) is 0 Å². The van der Waals surface area contributed by atoms with Gasteiger partial charge in [-0.05, 0) is 6.07 Å². The maximum Gasteiger partial charge on any atom is 0.324 e. The highest BCUT2D eigenvalue weighted by molar-refractivity contribution is 7.15. The normalized spacial score (nSPS) is 9.91. The molecule has 0 saturated heterocycles. The smallest absolute Gasteiger partial charge is 0.271 e. The average molecular weight is 173 g/mol. The standard InChI is InChI=1S/C5H7N3O2S/c6-7-3-4-1-2-5(11-4)8(9)10/h1-2,7H,3,6H2. The highest BCUT2D eigenvalue weighted by atomic mass is 32.1. The maximum atomic E-state index is 10.2. The second-order valence-corrected chi connectivity index (χ2v) is 3.02. The molecule has 0 saturated carbocycles. The number of nitro groups is 1. The summed E-state index contributed by atoms with van der Waals surface area (Å²) in [7, 11) is 0. The molecule has 1 aromatic heterocycles. The van der Waals surface area contributed by atoms with Crippen molar-refractivity contribution in [3.8, 4) is 0 Å². The largest absolute Gasteiger partial charge is 0.324 e. The van der Waals surface area contributed by atoms with Gasteiger partial charge < -0.3 is 0 Å². The molecule has 0 unspecified atom stereocenters. The van der Waals surface area contributed by atoms with Crippen LogP contribution in [0.4, 0.5) is 5.00 Å². The van der Waals surface area contributed by atoms with E-state index in [1.54, 1.807) is 6.07 Å². The van der Waals surface area contributed by atoms with E-state index in [-0.39, 0.29) is 5.00 Å². The van der Waals surface area contributed by atoms with Gasteiger partial charge in [0, 0.05) is 17.5 Å². The van der Waals surface area contributed by atoms with Crippen LogP contribution in [0, 0.1) is 10.1 Å². The van der Waals surface area contributed by atoms with Crippen molar-refractivity contribution in [3.05, 3.63) is 27.1 Å². The quantitative estimate of drug-likeness (QED) is 0.399. The Balaban J connectivity index is 2.73. The summed E-state index contributed by atoms with van der Waals surface area (Å²) in [5.41, 5.74) is 2.42. The Morgan fingerprint density at radius 3 is 2.91 bits per heavy atom. The minimum absolute atomic E-state index is 0.148. The summed E-state index contributed by atoms with van der Waals surface area (Å²) in [6, 6.07) is 3.15. The third kappa shape index (κ3) is 1.97. The molecular weight excluding hydrogens is 166 g/mol. The van der Waals surface area contributed by atoms with Crippen molar-refractivity contribution in [1.82, 2.24) is 5.43 Å². The summed E-state index contributed by atoms with van der Waals surface area (Å²) in [6.45, 7) is 0.471. The maximum absolute atomic E-state index is 10.2. The van der Waals surface area contributed by atoms with Crippen LogP contribution >= 0.6 is 11.3 Å². The van der Waals surface area contributed by atoms with E-state index in [1.807, 2.05) is 0 Å². The molecular formula is C5H7N3O2S. The predicted molar refractivity (Wildman–Crippen MR) is 42.0 cm³/mol. The zero-order chi connectivity index (χ0) is 8.27. The molecule has 0 radical (unpaired) electrons. The van der Waals surface area contributed by atoms with E-state index in [9.17, 15) is 10.1 Å². The zero-order valence-electron chi connectivity index (χ0n) is 5.61. The van der Waals surface area contributed by atoms with Crippen LogP contribution in [0.1, 0.15) is 4.88 Å². The Kier molecular flexibility index (Phi) is 2.53. The molecule has 11 heavy (non-hydrogen) atoms. The van der Waals surface area contributed by atoms with Gasteiger partial charge in [-0.3, -0.25) is 21.4 Å². The summed E-state index contributed by atoms with van der Waals surface area (Å²) in [6.07, 6.45) is 0. The van der Waals surface area contributed by atoms with Crippen LogP contribution in [-0.2, 0) is 6.54 Å². The monoisotopic (exact) mass is 173 g/mol. The molecule has 0 bridgehead atoms. The predicted octanol–water partition coefficient (Wildman–Crippen LogP) is 0.620. The fourth-order valence-electron chi connectivity index (χ4n) is 0.660. The minimum atomic E-state index is -0.412. The number of hydrogen-bond donors (Lipinski definition) is 2. The molecule has 1 rings (SSSR count). The van der Waals surface area contributed by atoms with Crippen molar-refractivity contribution in [2.24, 2.45) is 5.84 Å². The van der Waals surface area contributed by atoms with Crippen LogP contribution in [-0.4, -0.2) is 4.92 Å². The van der Waals surface area contributed by atoms with Crippen molar-refractivity contribution >= 4 is 16.3 Å². The number of rotatable bonds is 3. The van der Waals surface area contributed by atoms with Crippen LogP contribution in [0.25, 0.3) is 0 Å². The molecule has 5 nitrogen and oxygen atoms in total. The summed E-state index contributed by atoms with van der Waals surface area (Å²) in [4.78, 5) is 10.6. The molecule has 0 atom stereocenters. The van der Waals surface area contributed by atoms with Crippen LogP contribution in [0.2, 0.25) is 0 Å². The Morgan fingerprint density at radius 2 is 2.45 bits per heavy atom. The first-order chi connectivity index (χ1) is 5.24. The lowest BCUT2D eigenvalue weighted by atomic mass is 10.5. The number of nitrogens with one attached hydrogen (secondary N) is 1. The van der Waals surface area contributed by atoms with Crippen LogP contribution in [0.5, 0.6) is 0 Å². The summed E-state index contributed by atoms with van der Waals surface area (Å²) in [5.74, 6) is 5.03. The van der Waals surface area contributed by atoms with Gasteiger partial charge in [0.15, 0.2) is 0 Å².